The van der Waals surface area contributed by atoms with Crippen LogP contribution in [-0.4, -0.2) is 75.5 Å². The molecule has 50 heavy (non-hydrogen) atoms. The molecule has 0 aromatic carbocycles. The summed E-state index contributed by atoms with van der Waals surface area (Å²) in [6.45, 7) is 12.7. The molecule has 4 heterocycles. The molecular weight excluding hydrogens is 705 g/mol. The summed E-state index contributed by atoms with van der Waals surface area (Å²) in [5, 5.41) is 22.9. The Bertz CT molecular complexity index is 1780. The van der Waals surface area contributed by atoms with E-state index in [1.54, 1.807) is 62.9 Å². The number of methoxy groups -OCH3 is 2. The number of aliphatic hydroxyl groups is 1. The Kier molecular flexibility index (Phi) is 13.2. The predicted octanol–water partition coefficient (Wildman–Crippen LogP) is 6.33. The van der Waals surface area contributed by atoms with Gasteiger partial charge in [-0.15, -0.1) is 34.0 Å². The van der Waals surface area contributed by atoms with Crippen LogP contribution in [0, 0.1) is 5.92 Å². The van der Waals surface area contributed by atoms with E-state index in [0.717, 1.165) is 0 Å². The van der Waals surface area contributed by atoms with Crippen molar-refractivity contribution in [3.8, 4) is 22.0 Å². The summed E-state index contributed by atoms with van der Waals surface area (Å²) in [6.07, 6.45) is -2.36. The van der Waals surface area contributed by atoms with Crippen LogP contribution in [0.5, 0.6) is 0 Å². The van der Waals surface area contributed by atoms with Gasteiger partial charge in [-0.05, 0) is 52.7 Å². The third-order valence-corrected chi connectivity index (χ3v) is 9.70. The molecule has 0 spiro atoms. The number of aliphatic hydroxyl groups excluding tert-OH is 1. The zero-order chi connectivity index (χ0) is 36.7. The van der Waals surface area contributed by atoms with E-state index in [9.17, 15) is 19.5 Å². The van der Waals surface area contributed by atoms with Crippen molar-refractivity contribution >= 4 is 52.0 Å². The first-order chi connectivity index (χ1) is 23.6. The highest BCUT2D eigenvalue weighted by molar-refractivity contribution is 7.13. The zero-order valence-corrected chi connectivity index (χ0v) is 31.7. The summed E-state index contributed by atoms with van der Waals surface area (Å²) in [6, 6.07) is 2.17. The molecule has 0 radical (unpaired) electrons. The third kappa shape index (κ3) is 9.67. The molecule has 2 amide bonds. The maximum absolute atomic E-state index is 13.5. The molecule has 270 valence electrons. The van der Waals surface area contributed by atoms with E-state index < -0.39 is 48.0 Å². The van der Waals surface area contributed by atoms with E-state index >= 15 is 0 Å². The Balaban J connectivity index is 1.62. The first kappa shape index (κ1) is 38.9. The molecule has 3 atom stereocenters. The summed E-state index contributed by atoms with van der Waals surface area (Å²) in [5.41, 5.74) is 1.60. The Morgan fingerprint density at radius 1 is 0.860 bits per heavy atom. The van der Waals surface area contributed by atoms with E-state index in [1.165, 1.54) is 48.2 Å². The maximum atomic E-state index is 13.5. The first-order valence-electron chi connectivity index (χ1n) is 15.7. The van der Waals surface area contributed by atoms with E-state index in [0.29, 0.717) is 37.7 Å². The molecule has 0 aliphatic carbocycles. The van der Waals surface area contributed by atoms with Gasteiger partial charge in [0.05, 0.1) is 24.4 Å². The molecule has 0 saturated carbocycles. The van der Waals surface area contributed by atoms with Gasteiger partial charge in [-0.1, -0.05) is 13.8 Å². The number of alkyl carbamates (subject to hydrolysis) is 1. The highest BCUT2D eigenvalue weighted by atomic mass is 32.1. The first-order valence-corrected chi connectivity index (χ1v) is 18.4. The van der Waals surface area contributed by atoms with Gasteiger partial charge in [-0.25, -0.2) is 29.5 Å². The second kappa shape index (κ2) is 16.9. The van der Waals surface area contributed by atoms with Crippen LogP contribution in [0.25, 0.3) is 22.0 Å². The highest BCUT2D eigenvalue weighted by Crippen LogP contribution is 2.36. The van der Waals surface area contributed by atoms with Crippen LogP contribution >= 0.6 is 34.0 Å². The average Bonchev–Trinajstić information content (AvgIpc) is 3.84. The van der Waals surface area contributed by atoms with Crippen molar-refractivity contribution in [3.63, 3.8) is 0 Å². The largest absolute Gasteiger partial charge is 0.461 e. The standard InChI is InChI=1S/C33H42N6O8S3/c1-10-46-30(42)22-15-48-27(37-22)18-11-12-19(31(44-8)45-9)34-25(18)20-13-49-29(35-20)24(17(4)40)38-26(41)21-14-50-28(36-21)23(16(2)3)39-32(43)47-33(5,6)7/h11-17,23-24,31,40H,10H2,1-9H3,(H,38,41)(H,39,43)/t17-,23-,24+/m1/s1. The lowest BCUT2D eigenvalue weighted by Crippen LogP contribution is -2.37. The minimum Gasteiger partial charge on any atom is -0.461 e. The fourth-order valence-corrected chi connectivity index (χ4v) is 7.42. The topological polar surface area (TPSA) is 184 Å². The van der Waals surface area contributed by atoms with Gasteiger partial charge in [0.2, 0.25) is 6.29 Å². The average molecular weight is 747 g/mol. The number of rotatable bonds is 14. The Hall–Kier alpha value is -3.87. The molecule has 4 rings (SSSR count). The third-order valence-electron chi connectivity index (χ3n) is 6.96. The Morgan fingerprint density at radius 2 is 1.52 bits per heavy atom. The molecule has 3 N–H and O–H groups in total. The van der Waals surface area contributed by atoms with Crippen molar-refractivity contribution in [2.24, 2.45) is 5.92 Å². The monoisotopic (exact) mass is 746 g/mol. The summed E-state index contributed by atoms with van der Waals surface area (Å²) < 4.78 is 21.4. The molecule has 0 bridgehead atoms. The number of carbonyl (C=O) groups is 3. The van der Waals surface area contributed by atoms with Crippen LogP contribution in [0.15, 0.2) is 28.3 Å². The lowest BCUT2D eigenvalue weighted by Gasteiger charge is -2.24. The van der Waals surface area contributed by atoms with E-state index in [2.05, 4.69) is 20.6 Å². The van der Waals surface area contributed by atoms with Crippen LogP contribution in [0.3, 0.4) is 0 Å². The number of hydrogen-bond acceptors (Lipinski definition) is 15. The molecule has 17 heteroatoms. The molecule has 0 aliphatic rings. The second-order valence-electron chi connectivity index (χ2n) is 12.4. The fraction of sp³-hybridized carbons (Fsp3) is 0.485. The van der Waals surface area contributed by atoms with Crippen molar-refractivity contribution in [2.75, 3.05) is 20.8 Å². The van der Waals surface area contributed by atoms with Crippen molar-refractivity contribution in [3.05, 3.63) is 55.4 Å². The highest BCUT2D eigenvalue weighted by Gasteiger charge is 2.29. The van der Waals surface area contributed by atoms with Gasteiger partial charge in [-0.2, -0.15) is 0 Å². The molecule has 4 aromatic heterocycles. The zero-order valence-electron chi connectivity index (χ0n) is 29.3. The number of hydrogen-bond donors (Lipinski definition) is 3. The van der Waals surface area contributed by atoms with Gasteiger partial charge in [0.1, 0.15) is 43.7 Å². The summed E-state index contributed by atoms with van der Waals surface area (Å²) in [7, 11) is 3.00. The fourth-order valence-electron chi connectivity index (χ4n) is 4.63. The Morgan fingerprint density at radius 3 is 2.14 bits per heavy atom. The Labute approximate surface area is 302 Å². The number of amides is 2. The van der Waals surface area contributed by atoms with Gasteiger partial charge in [0, 0.05) is 35.9 Å². The second-order valence-corrected chi connectivity index (χ2v) is 15.0. The van der Waals surface area contributed by atoms with Crippen molar-refractivity contribution in [1.29, 1.82) is 0 Å². The number of pyridine rings is 1. The lowest BCUT2D eigenvalue weighted by atomic mass is 10.1. The molecule has 0 fully saturated rings. The van der Waals surface area contributed by atoms with Gasteiger partial charge < -0.3 is 34.7 Å². The molecule has 0 saturated heterocycles. The SMILES string of the molecule is CCOC(=O)c1csc(-c2ccc(C(OC)OC)nc2-c2csc([C@@H](NC(=O)c3csc([C@H](NC(=O)OC(C)(C)C)C(C)C)n3)[C@@H](C)O)n2)n1. The molecule has 4 aromatic rings. The van der Waals surface area contributed by atoms with E-state index in [1.807, 2.05) is 13.8 Å². The minimum absolute atomic E-state index is 0.0373. The van der Waals surface area contributed by atoms with Crippen LogP contribution in [-0.2, 0) is 18.9 Å². The van der Waals surface area contributed by atoms with Crippen LogP contribution in [0.1, 0.15) is 104 Å². The van der Waals surface area contributed by atoms with Crippen molar-refractivity contribution in [1.82, 2.24) is 30.6 Å². The van der Waals surface area contributed by atoms with Gasteiger partial charge in [0.25, 0.3) is 5.91 Å². The van der Waals surface area contributed by atoms with Crippen LogP contribution in [0.4, 0.5) is 4.79 Å². The maximum Gasteiger partial charge on any atom is 0.408 e. The number of esters is 1. The summed E-state index contributed by atoms with van der Waals surface area (Å²) in [5.74, 6) is -1.09. The van der Waals surface area contributed by atoms with E-state index in [-0.39, 0.29) is 23.9 Å². The van der Waals surface area contributed by atoms with Gasteiger partial charge in [-0.3, -0.25) is 4.79 Å². The summed E-state index contributed by atoms with van der Waals surface area (Å²) >= 11 is 3.72. The van der Waals surface area contributed by atoms with Crippen molar-refractivity contribution < 1.29 is 38.4 Å². The number of nitrogens with zero attached hydrogens (tertiary/aromatic N) is 4. The van der Waals surface area contributed by atoms with Crippen LogP contribution in [0.2, 0.25) is 0 Å². The normalized spacial score (nSPS) is 13.6. The summed E-state index contributed by atoms with van der Waals surface area (Å²) in [4.78, 5) is 56.9. The molecular formula is C33H42N6O8S3. The smallest absolute Gasteiger partial charge is 0.408 e. The quantitative estimate of drug-likeness (QED) is 0.0965. The van der Waals surface area contributed by atoms with Gasteiger partial charge >= 0.3 is 12.1 Å². The van der Waals surface area contributed by atoms with Crippen LogP contribution < -0.4 is 10.6 Å². The molecule has 14 nitrogen and oxygen atoms in total. The van der Waals surface area contributed by atoms with Crippen molar-refractivity contribution in [2.45, 2.75) is 78.5 Å². The number of aromatic nitrogens is 4. The van der Waals surface area contributed by atoms with Gasteiger partial charge in [0.15, 0.2) is 5.69 Å². The lowest BCUT2D eigenvalue weighted by molar-refractivity contribution is -0.108. The number of nitrogens with one attached hydrogen (secondary N) is 2. The molecule has 0 unspecified atom stereocenters. The number of carbonyl (C=O) groups excluding carboxylic acids is 3. The molecule has 0 aliphatic heterocycles. The number of thiazole rings is 3. The number of ether oxygens (including phenoxy) is 4. The minimum atomic E-state index is -1.02. The predicted molar refractivity (Wildman–Crippen MR) is 190 cm³/mol. The van der Waals surface area contributed by atoms with E-state index in [4.69, 9.17) is 28.9 Å².